The molecule has 0 aromatic carbocycles. The number of hydrogen-bond donors (Lipinski definition) is 2. The van der Waals surface area contributed by atoms with Crippen molar-refractivity contribution >= 4 is 11.9 Å². The summed E-state index contributed by atoms with van der Waals surface area (Å²) >= 11 is 0. The number of carbonyl (C=O) groups excluding carboxylic acids is 1. The molecule has 1 heterocycles. The number of hydrogen-bond acceptors (Lipinski definition) is 3. The summed E-state index contributed by atoms with van der Waals surface area (Å²) in [6.45, 7) is 2.28. The van der Waals surface area contributed by atoms with Crippen molar-refractivity contribution in [3.63, 3.8) is 0 Å². The largest absolute Gasteiger partial charge is 0.480 e. The lowest BCUT2D eigenvalue weighted by atomic mass is 9.90. The topological polar surface area (TPSA) is 75.6 Å². The lowest BCUT2D eigenvalue weighted by Crippen LogP contribution is -2.54. The monoisotopic (exact) mass is 201 g/mol. The number of amides is 1. The highest BCUT2D eigenvalue weighted by Crippen LogP contribution is 2.21. The Morgan fingerprint density at radius 1 is 1.36 bits per heavy atom. The zero-order valence-corrected chi connectivity index (χ0v) is 8.21. The maximum Gasteiger partial charge on any atom is 0.329 e. The van der Waals surface area contributed by atoms with Crippen LogP contribution in [0.3, 0.4) is 0 Å². The minimum atomic E-state index is -1.12. The van der Waals surface area contributed by atoms with Crippen molar-refractivity contribution < 1.29 is 19.4 Å². The van der Waals surface area contributed by atoms with Gasteiger partial charge in [0.1, 0.15) is 5.54 Å². The van der Waals surface area contributed by atoms with Gasteiger partial charge >= 0.3 is 5.97 Å². The van der Waals surface area contributed by atoms with Crippen LogP contribution in [0.2, 0.25) is 0 Å². The summed E-state index contributed by atoms with van der Waals surface area (Å²) in [5.41, 5.74) is -1.12. The fourth-order valence-corrected chi connectivity index (χ4v) is 1.68. The van der Waals surface area contributed by atoms with Crippen LogP contribution >= 0.6 is 0 Å². The van der Waals surface area contributed by atoms with Gasteiger partial charge in [0.2, 0.25) is 5.91 Å². The maximum absolute atomic E-state index is 11.1. The van der Waals surface area contributed by atoms with Gasteiger partial charge in [-0.25, -0.2) is 4.79 Å². The van der Waals surface area contributed by atoms with Crippen molar-refractivity contribution in [3.05, 3.63) is 0 Å². The van der Waals surface area contributed by atoms with Gasteiger partial charge in [-0.2, -0.15) is 0 Å². The fourth-order valence-electron chi connectivity index (χ4n) is 1.68. The first-order valence-corrected chi connectivity index (χ1v) is 4.67. The van der Waals surface area contributed by atoms with Crippen LogP contribution in [0.1, 0.15) is 26.2 Å². The Hall–Kier alpha value is -1.10. The molecule has 0 aromatic rings. The number of nitrogens with one attached hydrogen (secondary N) is 1. The molecule has 2 N–H and O–H groups in total. The second-order valence-corrected chi connectivity index (χ2v) is 3.53. The third-order valence-corrected chi connectivity index (χ3v) is 2.39. The molecule has 0 aromatic heterocycles. The smallest absolute Gasteiger partial charge is 0.329 e. The van der Waals surface area contributed by atoms with Crippen molar-refractivity contribution in [2.75, 3.05) is 13.2 Å². The van der Waals surface area contributed by atoms with Gasteiger partial charge in [-0.05, 0) is 12.8 Å². The molecule has 1 saturated heterocycles. The second kappa shape index (κ2) is 4.41. The van der Waals surface area contributed by atoms with Gasteiger partial charge in [0.25, 0.3) is 0 Å². The van der Waals surface area contributed by atoms with Gasteiger partial charge < -0.3 is 15.2 Å². The molecule has 0 aliphatic carbocycles. The molecule has 80 valence electrons. The van der Waals surface area contributed by atoms with E-state index in [9.17, 15) is 9.59 Å². The zero-order chi connectivity index (χ0) is 10.6. The second-order valence-electron chi connectivity index (χ2n) is 3.53. The zero-order valence-electron chi connectivity index (χ0n) is 8.21. The molecule has 14 heavy (non-hydrogen) atoms. The van der Waals surface area contributed by atoms with Gasteiger partial charge in [-0.3, -0.25) is 4.79 Å². The summed E-state index contributed by atoms with van der Waals surface area (Å²) < 4.78 is 5.17. The summed E-state index contributed by atoms with van der Waals surface area (Å²) in [6.07, 6.45) is 1.43. The third kappa shape index (κ3) is 2.45. The van der Waals surface area contributed by atoms with Gasteiger partial charge in [0.05, 0.1) is 0 Å². The molecule has 0 bridgehead atoms. The number of carboxylic acids is 1. The Bertz CT molecular complexity index is 231. The standard InChI is InChI=1S/C9H15NO4/c1-7(11)10-9(8(12)13)3-2-5-14-6-4-9/h2-6H2,1H3,(H,10,11)(H,12,13). The molecule has 1 aliphatic heterocycles. The van der Waals surface area contributed by atoms with E-state index in [1.807, 2.05) is 0 Å². The predicted octanol–water partition coefficient (Wildman–Crippen LogP) is 0.146. The van der Waals surface area contributed by atoms with Gasteiger partial charge in [0.15, 0.2) is 0 Å². The van der Waals surface area contributed by atoms with E-state index in [0.29, 0.717) is 32.5 Å². The Balaban J connectivity index is 2.77. The quantitative estimate of drug-likeness (QED) is 0.666. The molecule has 5 nitrogen and oxygen atoms in total. The van der Waals surface area contributed by atoms with Crippen LogP contribution in [0.25, 0.3) is 0 Å². The van der Waals surface area contributed by atoms with Gasteiger partial charge in [-0.1, -0.05) is 0 Å². The molecule has 1 fully saturated rings. The van der Waals surface area contributed by atoms with Gasteiger partial charge in [-0.15, -0.1) is 0 Å². The first-order valence-electron chi connectivity index (χ1n) is 4.67. The number of ether oxygens (including phenoxy) is 1. The highest BCUT2D eigenvalue weighted by molar-refractivity contribution is 5.85. The Labute approximate surface area is 82.4 Å². The van der Waals surface area contributed by atoms with E-state index in [0.717, 1.165) is 0 Å². The Morgan fingerprint density at radius 3 is 2.64 bits per heavy atom. The summed E-state index contributed by atoms with van der Waals surface area (Å²) in [4.78, 5) is 22.0. The van der Waals surface area contributed by atoms with E-state index in [-0.39, 0.29) is 5.91 Å². The van der Waals surface area contributed by atoms with Crippen LogP contribution in [0, 0.1) is 0 Å². The highest BCUT2D eigenvalue weighted by Gasteiger charge is 2.39. The van der Waals surface area contributed by atoms with E-state index >= 15 is 0 Å². The third-order valence-electron chi connectivity index (χ3n) is 2.39. The summed E-state index contributed by atoms with van der Waals surface area (Å²) in [5, 5.41) is 11.6. The van der Waals surface area contributed by atoms with E-state index in [2.05, 4.69) is 5.32 Å². The molecule has 5 heteroatoms. The lowest BCUT2D eigenvalue weighted by Gasteiger charge is -2.27. The molecule has 0 saturated carbocycles. The van der Waals surface area contributed by atoms with Crippen LogP contribution in [-0.2, 0) is 14.3 Å². The highest BCUT2D eigenvalue weighted by atomic mass is 16.5. The van der Waals surface area contributed by atoms with E-state index in [1.165, 1.54) is 6.92 Å². The fraction of sp³-hybridized carbons (Fsp3) is 0.778. The average Bonchev–Trinajstić information content (AvgIpc) is 2.29. The van der Waals surface area contributed by atoms with Crippen molar-refractivity contribution in [1.82, 2.24) is 5.32 Å². The SMILES string of the molecule is CC(=O)NC1(C(=O)O)CCCOCC1. The van der Waals surface area contributed by atoms with Gasteiger partial charge in [0, 0.05) is 26.6 Å². The molecule has 1 amide bonds. The van der Waals surface area contributed by atoms with Crippen molar-refractivity contribution in [2.24, 2.45) is 0 Å². The minimum absolute atomic E-state index is 0.311. The first-order chi connectivity index (χ1) is 6.57. The number of rotatable bonds is 2. The van der Waals surface area contributed by atoms with Crippen molar-refractivity contribution in [3.8, 4) is 0 Å². The number of carboxylic acid groups (broad SMARTS) is 1. The predicted molar refractivity (Wildman–Crippen MR) is 48.9 cm³/mol. The summed E-state index contributed by atoms with van der Waals surface area (Å²) in [5.74, 6) is -1.28. The number of aliphatic carboxylic acids is 1. The van der Waals surface area contributed by atoms with Crippen LogP contribution in [0.5, 0.6) is 0 Å². The van der Waals surface area contributed by atoms with Crippen LogP contribution in [0.4, 0.5) is 0 Å². The molecule has 1 rings (SSSR count). The van der Waals surface area contributed by atoms with Crippen LogP contribution in [-0.4, -0.2) is 35.7 Å². The summed E-state index contributed by atoms with van der Waals surface area (Å²) in [6, 6.07) is 0. The molecule has 0 radical (unpaired) electrons. The molecule has 1 atom stereocenters. The Morgan fingerprint density at radius 2 is 2.07 bits per heavy atom. The molecule has 0 spiro atoms. The minimum Gasteiger partial charge on any atom is -0.480 e. The molecule has 1 aliphatic rings. The van der Waals surface area contributed by atoms with Crippen molar-refractivity contribution in [1.29, 1.82) is 0 Å². The number of carbonyl (C=O) groups is 2. The average molecular weight is 201 g/mol. The molecular weight excluding hydrogens is 186 g/mol. The Kier molecular flexibility index (Phi) is 3.46. The summed E-state index contributed by atoms with van der Waals surface area (Å²) in [7, 11) is 0. The van der Waals surface area contributed by atoms with E-state index in [4.69, 9.17) is 9.84 Å². The van der Waals surface area contributed by atoms with E-state index in [1.54, 1.807) is 0 Å². The van der Waals surface area contributed by atoms with Crippen molar-refractivity contribution in [2.45, 2.75) is 31.7 Å². The molecular formula is C9H15NO4. The van der Waals surface area contributed by atoms with E-state index < -0.39 is 11.5 Å². The lowest BCUT2D eigenvalue weighted by molar-refractivity contribution is -0.148. The molecule has 1 unspecified atom stereocenters. The van der Waals surface area contributed by atoms with Crippen LogP contribution < -0.4 is 5.32 Å². The maximum atomic E-state index is 11.1. The first kappa shape index (κ1) is 11.0. The normalized spacial score (nSPS) is 27.8. The van der Waals surface area contributed by atoms with Crippen LogP contribution in [0.15, 0.2) is 0 Å².